The number of sulfonamides is 1. The van der Waals surface area contributed by atoms with Gasteiger partial charge in [-0.1, -0.05) is 31.5 Å². The van der Waals surface area contributed by atoms with Crippen molar-refractivity contribution in [1.29, 1.82) is 0 Å². The van der Waals surface area contributed by atoms with E-state index in [2.05, 4.69) is 15.0 Å². The molecular weight excluding hydrogens is 572 g/mol. The first-order valence-corrected chi connectivity index (χ1v) is 15.8. The summed E-state index contributed by atoms with van der Waals surface area (Å²) < 4.78 is 41.6. The zero-order chi connectivity index (χ0) is 30.6. The Morgan fingerprint density at radius 2 is 1.79 bits per heavy atom. The molecule has 0 amide bonds. The number of ether oxygens (including phenoxy) is 2. The Kier molecular flexibility index (Phi) is 9.23. The lowest BCUT2D eigenvalue weighted by atomic mass is 10.1. The molecule has 1 aliphatic rings. The molecule has 13 heteroatoms. The minimum Gasteiger partial charge on any atom is -0.493 e. The van der Waals surface area contributed by atoms with Crippen LogP contribution in [0.15, 0.2) is 58.2 Å². The van der Waals surface area contributed by atoms with Crippen molar-refractivity contribution < 1.29 is 22.7 Å². The molecule has 5 rings (SSSR count). The molecule has 0 spiro atoms. The molecule has 12 nitrogen and oxygen atoms in total. The summed E-state index contributed by atoms with van der Waals surface area (Å²) in [7, 11) is -2.15. The number of aryl methyl sites for hydroxylation is 2. The fourth-order valence-electron chi connectivity index (χ4n) is 5.18. The average Bonchev–Trinajstić information content (AvgIpc) is 3.33. The molecule has 0 bridgehead atoms. The van der Waals surface area contributed by atoms with Gasteiger partial charge >= 0.3 is 5.97 Å². The van der Waals surface area contributed by atoms with Gasteiger partial charge < -0.3 is 14.5 Å². The largest absolute Gasteiger partial charge is 0.493 e. The molecule has 43 heavy (non-hydrogen) atoms. The Labute approximate surface area is 250 Å². The maximum Gasteiger partial charge on any atom is 0.338 e. The van der Waals surface area contributed by atoms with Crippen LogP contribution in [0.2, 0.25) is 0 Å². The molecule has 1 aliphatic heterocycles. The van der Waals surface area contributed by atoms with Crippen molar-refractivity contribution in [2.45, 2.75) is 31.6 Å². The quantitative estimate of drug-likeness (QED) is 0.255. The molecular formula is C30H36N6O6S. The first-order chi connectivity index (χ1) is 20.7. The van der Waals surface area contributed by atoms with Gasteiger partial charge in [0.1, 0.15) is 23.7 Å². The molecule has 1 fully saturated rings. The van der Waals surface area contributed by atoms with E-state index in [1.54, 1.807) is 37.4 Å². The molecule has 1 saturated heterocycles. The van der Waals surface area contributed by atoms with Gasteiger partial charge in [-0.2, -0.15) is 9.40 Å². The van der Waals surface area contributed by atoms with Crippen LogP contribution in [0.3, 0.4) is 0 Å². The van der Waals surface area contributed by atoms with Crippen LogP contribution in [0.1, 0.15) is 36.3 Å². The number of piperazine rings is 1. The molecule has 2 aromatic carbocycles. The minimum atomic E-state index is -3.85. The molecule has 228 valence electrons. The van der Waals surface area contributed by atoms with Crippen LogP contribution in [-0.2, 0) is 28.2 Å². The molecule has 0 saturated carbocycles. The molecule has 0 atom stereocenters. The van der Waals surface area contributed by atoms with E-state index in [0.29, 0.717) is 66.3 Å². The van der Waals surface area contributed by atoms with Crippen molar-refractivity contribution in [3.8, 4) is 17.1 Å². The summed E-state index contributed by atoms with van der Waals surface area (Å²) in [6.45, 7) is 6.50. The van der Waals surface area contributed by atoms with Crippen molar-refractivity contribution in [3.05, 3.63) is 70.1 Å². The molecule has 0 radical (unpaired) electrons. The number of nitrogens with zero attached hydrogens (tertiary/aromatic N) is 5. The smallest absolute Gasteiger partial charge is 0.338 e. The van der Waals surface area contributed by atoms with Gasteiger partial charge in [0, 0.05) is 39.8 Å². The zero-order valence-electron chi connectivity index (χ0n) is 24.6. The van der Waals surface area contributed by atoms with Crippen molar-refractivity contribution in [2.24, 2.45) is 7.05 Å². The standard InChI is InChI=1S/C30H36N6O6S/c1-4-9-24-26-27(34(3)33-24)29(37)32-28(31-26)23-20-22(12-13-25(23)41-5-2)43(39,40)36-16-14-35(15-17-36)18-19-42-30(38)21-10-7-6-8-11-21/h6-8,10-13,20H,4-5,9,14-19H2,1-3H3,(H,31,32,37). The highest BCUT2D eigenvalue weighted by molar-refractivity contribution is 7.89. The zero-order valence-corrected chi connectivity index (χ0v) is 25.4. The van der Waals surface area contributed by atoms with Crippen LogP contribution in [-0.4, -0.2) is 89.3 Å². The number of hydrogen-bond donors (Lipinski definition) is 1. The van der Waals surface area contributed by atoms with E-state index in [-0.39, 0.29) is 41.9 Å². The first kappa shape index (κ1) is 30.4. The Bertz CT molecular complexity index is 1760. The fourth-order valence-corrected chi connectivity index (χ4v) is 6.63. The summed E-state index contributed by atoms with van der Waals surface area (Å²) in [6, 6.07) is 13.4. The second kappa shape index (κ2) is 13.1. The van der Waals surface area contributed by atoms with Crippen molar-refractivity contribution in [1.82, 2.24) is 29.0 Å². The maximum absolute atomic E-state index is 13.7. The van der Waals surface area contributed by atoms with Gasteiger partial charge in [0.05, 0.1) is 28.3 Å². The SMILES string of the molecule is CCCc1nn(C)c2c(=O)[nH]c(-c3cc(S(=O)(=O)N4CCN(CCOC(=O)c5ccccc5)CC4)ccc3OCC)nc12. The van der Waals surface area contributed by atoms with E-state index < -0.39 is 10.0 Å². The number of hydrogen-bond acceptors (Lipinski definition) is 9. The Morgan fingerprint density at radius 3 is 2.49 bits per heavy atom. The van der Waals surface area contributed by atoms with Crippen LogP contribution in [0, 0.1) is 0 Å². The summed E-state index contributed by atoms with van der Waals surface area (Å²) >= 11 is 0. The van der Waals surface area contributed by atoms with Crippen LogP contribution < -0.4 is 10.3 Å². The highest BCUT2D eigenvalue weighted by Gasteiger charge is 2.30. The Hall–Kier alpha value is -4.07. The highest BCUT2D eigenvalue weighted by atomic mass is 32.2. The number of esters is 1. The third-order valence-corrected chi connectivity index (χ3v) is 9.27. The summed E-state index contributed by atoms with van der Waals surface area (Å²) in [5, 5.41) is 4.47. The monoisotopic (exact) mass is 608 g/mol. The number of H-pyrrole nitrogens is 1. The van der Waals surface area contributed by atoms with Gasteiger partial charge in [-0.15, -0.1) is 0 Å². The van der Waals surface area contributed by atoms with Gasteiger partial charge in [0.25, 0.3) is 5.56 Å². The van der Waals surface area contributed by atoms with E-state index in [9.17, 15) is 18.0 Å². The van der Waals surface area contributed by atoms with Gasteiger partial charge in [0.2, 0.25) is 10.0 Å². The normalized spacial score (nSPS) is 14.7. The number of aromatic amines is 1. The van der Waals surface area contributed by atoms with Gasteiger partial charge in [-0.25, -0.2) is 18.2 Å². The molecule has 3 heterocycles. The molecule has 0 unspecified atom stereocenters. The van der Waals surface area contributed by atoms with Gasteiger partial charge in [0.15, 0.2) is 5.52 Å². The van der Waals surface area contributed by atoms with Crippen LogP contribution >= 0.6 is 0 Å². The third kappa shape index (κ3) is 6.48. The van der Waals surface area contributed by atoms with E-state index in [1.807, 2.05) is 19.9 Å². The van der Waals surface area contributed by atoms with Gasteiger partial charge in [-0.05, 0) is 43.7 Å². The highest BCUT2D eigenvalue weighted by Crippen LogP contribution is 2.32. The maximum atomic E-state index is 13.7. The number of nitrogens with one attached hydrogen (secondary N) is 1. The Balaban J connectivity index is 1.33. The fraction of sp³-hybridized carbons (Fsp3) is 0.400. The number of fused-ring (bicyclic) bond motifs is 1. The topological polar surface area (TPSA) is 140 Å². The van der Waals surface area contributed by atoms with E-state index in [1.165, 1.54) is 21.1 Å². The van der Waals surface area contributed by atoms with Crippen molar-refractivity contribution in [3.63, 3.8) is 0 Å². The molecule has 1 N–H and O–H groups in total. The lowest BCUT2D eigenvalue weighted by Gasteiger charge is -2.33. The van der Waals surface area contributed by atoms with Crippen molar-refractivity contribution >= 4 is 27.0 Å². The second-order valence-corrected chi connectivity index (χ2v) is 12.2. The summed E-state index contributed by atoms with van der Waals surface area (Å²) in [5.74, 6) is 0.256. The van der Waals surface area contributed by atoms with Gasteiger partial charge in [-0.3, -0.25) is 14.4 Å². The predicted octanol–water partition coefficient (Wildman–Crippen LogP) is 2.84. The third-order valence-electron chi connectivity index (χ3n) is 7.37. The van der Waals surface area contributed by atoms with E-state index in [4.69, 9.17) is 14.5 Å². The van der Waals surface area contributed by atoms with Crippen LogP contribution in [0.25, 0.3) is 22.4 Å². The summed E-state index contributed by atoms with van der Waals surface area (Å²) in [4.78, 5) is 34.9. The summed E-state index contributed by atoms with van der Waals surface area (Å²) in [5.41, 5.74) is 2.08. The number of benzene rings is 2. The minimum absolute atomic E-state index is 0.0823. The van der Waals surface area contributed by atoms with Crippen molar-refractivity contribution in [2.75, 3.05) is 45.9 Å². The lowest BCUT2D eigenvalue weighted by molar-refractivity contribution is 0.0445. The van der Waals surface area contributed by atoms with Crippen LogP contribution in [0.4, 0.5) is 0 Å². The average molecular weight is 609 g/mol. The Morgan fingerprint density at radius 1 is 1.05 bits per heavy atom. The second-order valence-electron chi connectivity index (χ2n) is 10.3. The predicted molar refractivity (Wildman–Crippen MR) is 162 cm³/mol. The number of carbonyl (C=O) groups is 1. The summed E-state index contributed by atoms with van der Waals surface area (Å²) in [6.07, 6.45) is 1.49. The number of rotatable bonds is 11. The number of carbonyl (C=O) groups excluding carboxylic acids is 1. The first-order valence-electron chi connectivity index (χ1n) is 14.4. The molecule has 2 aromatic heterocycles. The van der Waals surface area contributed by atoms with Crippen LogP contribution in [0.5, 0.6) is 5.75 Å². The number of aromatic nitrogens is 4. The van der Waals surface area contributed by atoms with E-state index in [0.717, 1.165) is 6.42 Å². The molecule has 0 aliphatic carbocycles. The van der Waals surface area contributed by atoms with E-state index >= 15 is 0 Å². The molecule has 4 aromatic rings. The lowest BCUT2D eigenvalue weighted by Crippen LogP contribution is -2.49.